The maximum absolute atomic E-state index is 12.5. The number of carbonyl (C=O) groups excluding carboxylic acids is 1. The first-order chi connectivity index (χ1) is 12.6. The van der Waals surface area contributed by atoms with Crippen LogP contribution < -0.4 is 14.8 Å². The van der Waals surface area contributed by atoms with Gasteiger partial charge in [0, 0.05) is 27.8 Å². The molecule has 0 unspecified atom stereocenters. The van der Waals surface area contributed by atoms with Crippen molar-refractivity contribution in [3.63, 3.8) is 0 Å². The van der Waals surface area contributed by atoms with Crippen LogP contribution >= 0.6 is 27.5 Å². The van der Waals surface area contributed by atoms with E-state index < -0.39 is 0 Å². The van der Waals surface area contributed by atoms with Crippen LogP contribution in [0.1, 0.15) is 10.5 Å². The summed E-state index contributed by atoms with van der Waals surface area (Å²) in [4.78, 5) is 12.5. The van der Waals surface area contributed by atoms with Crippen LogP contribution in [0.5, 0.6) is 11.5 Å². The molecule has 3 aromatic rings. The summed E-state index contributed by atoms with van der Waals surface area (Å²) < 4.78 is 13.4. The highest BCUT2D eigenvalue weighted by Crippen LogP contribution is 2.38. The number of ether oxygens (including phenoxy) is 2. The van der Waals surface area contributed by atoms with E-state index in [0.29, 0.717) is 39.9 Å². The summed E-state index contributed by atoms with van der Waals surface area (Å²) in [5, 5.41) is 7.74. The zero-order valence-corrected chi connectivity index (χ0v) is 15.8. The van der Waals surface area contributed by atoms with Crippen LogP contribution in [0.25, 0.3) is 5.69 Å². The van der Waals surface area contributed by atoms with Crippen molar-refractivity contribution >= 4 is 39.1 Å². The first-order valence-corrected chi connectivity index (χ1v) is 8.99. The van der Waals surface area contributed by atoms with Gasteiger partial charge < -0.3 is 14.8 Å². The number of anilines is 1. The van der Waals surface area contributed by atoms with E-state index in [1.54, 1.807) is 41.2 Å². The molecule has 2 heterocycles. The van der Waals surface area contributed by atoms with Gasteiger partial charge in [0.2, 0.25) is 0 Å². The molecule has 6 nitrogen and oxygen atoms in total. The summed E-state index contributed by atoms with van der Waals surface area (Å²) >= 11 is 9.43. The van der Waals surface area contributed by atoms with Gasteiger partial charge in [0.1, 0.15) is 13.2 Å². The number of nitrogens with one attached hydrogen (secondary N) is 1. The minimum atomic E-state index is -0.330. The molecule has 0 saturated carbocycles. The number of benzene rings is 2. The zero-order chi connectivity index (χ0) is 18.1. The Morgan fingerprint density at radius 1 is 1.15 bits per heavy atom. The normalized spacial score (nSPS) is 12.7. The average Bonchev–Trinajstić information content (AvgIpc) is 3.13. The van der Waals surface area contributed by atoms with Gasteiger partial charge in [-0.3, -0.25) is 4.79 Å². The summed E-state index contributed by atoms with van der Waals surface area (Å²) in [7, 11) is 0. The van der Waals surface area contributed by atoms with Gasteiger partial charge in [-0.15, -0.1) is 0 Å². The third-order valence-corrected chi connectivity index (χ3v) is 4.67. The van der Waals surface area contributed by atoms with Crippen molar-refractivity contribution in [1.29, 1.82) is 0 Å². The van der Waals surface area contributed by atoms with Crippen LogP contribution in [0.3, 0.4) is 0 Å². The van der Waals surface area contributed by atoms with E-state index in [-0.39, 0.29) is 11.6 Å². The van der Waals surface area contributed by atoms with E-state index in [2.05, 4.69) is 26.3 Å². The topological polar surface area (TPSA) is 65.4 Å². The van der Waals surface area contributed by atoms with E-state index in [1.807, 2.05) is 12.1 Å². The number of aromatic nitrogens is 2. The number of fused-ring (bicyclic) bond motifs is 1. The Morgan fingerprint density at radius 3 is 2.69 bits per heavy atom. The highest BCUT2D eigenvalue weighted by molar-refractivity contribution is 9.10. The molecule has 0 atom stereocenters. The van der Waals surface area contributed by atoms with Crippen molar-refractivity contribution in [1.82, 2.24) is 9.78 Å². The highest BCUT2D eigenvalue weighted by atomic mass is 79.9. The minimum absolute atomic E-state index is 0.284. The maximum Gasteiger partial charge on any atom is 0.276 e. The number of nitrogens with zero attached hydrogens (tertiary/aromatic N) is 2. The van der Waals surface area contributed by atoms with Gasteiger partial charge in [-0.1, -0.05) is 17.7 Å². The van der Waals surface area contributed by atoms with E-state index in [4.69, 9.17) is 21.1 Å². The van der Waals surface area contributed by atoms with Crippen LogP contribution in [0.15, 0.2) is 53.1 Å². The second-order valence-corrected chi connectivity index (χ2v) is 6.85. The lowest BCUT2D eigenvalue weighted by Gasteiger charge is -2.20. The number of rotatable bonds is 3. The molecule has 1 amide bonds. The van der Waals surface area contributed by atoms with Gasteiger partial charge in [-0.25, -0.2) is 4.68 Å². The van der Waals surface area contributed by atoms with Crippen molar-refractivity contribution in [2.75, 3.05) is 18.5 Å². The summed E-state index contributed by atoms with van der Waals surface area (Å²) in [6.07, 6.45) is 1.71. The lowest BCUT2D eigenvalue weighted by Crippen LogP contribution is -2.17. The molecule has 26 heavy (non-hydrogen) atoms. The number of amides is 1. The Hall–Kier alpha value is -2.51. The third kappa shape index (κ3) is 3.40. The largest absolute Gasteiger partial charge is 0.486 e. The number of hydrogen-bond acceptors (Lipinski definition) is 4. The lowest BCUT2D eigenvalue weighted by atomic mass is 10.2. The van der Waals surface area contributed by atoms with Crippen molar-refractivity contribution in [2.45, 2.75) is 0 Å². The van der Waals surface area contributed by atoms with Crippen molar-refractivity contribution < 1.29 is 14.3 Å². The molecule has 2 aromatic carbocycles. The molecular weight excluding hydrogens is 422 g/mol. The summed E-state index contributed by atoms with van der Waals surface area (Å²) in [6, 6.07) is 12.4. The zero-order valence-electron chi connectivity index (χ0n) is 13.4. The molecule has 1 aliphatic rings. The second-order valence-electron chi connectivity index (χ2n) is 5.56. The number of halogens is 2. The molecule has 0 spiro atoms. The van der Waals surface area contributed by atoms with Gasteiger partial charge >= 0.3 is 0 Å². The average molecular weight is 435 g/mol. The molecule has 0 aliphatic carbocycles. The SMILES string of the molecule is O=C(Nc1cc2c(cc1Br)OCCO2)c1ccn(-c2cccc(Cl)c2)n1. The lowest BCUT2D eigenvalue weighted by molar-refractivity contribution is 0.102. The van der Waals surface area contributed by atoms with E-state index in [0.717, 1.165) is 5.69 Å². The van der Waals surface area contributed by atoms with Crippen LogP contribution in [0.4, 0.5) is 5.69 Å². The summed E-state index contributed by atoms with van der Waals surface area (Å²) in [5.41, 5.74) is 1.64. The molecule has 8 heteroatoms. The predicted molar refractivity (Wildman–Crippen MR) is 102 cm³/mol. The summed E-state index contributed by atoms with van der Waals surface area (Å²) in [5.74, 6) is 0.911. The molecule has 1 aromatic heterocycles. The van der Waals surface area contributed by atoms with Crippen LogP contribution in [-0.4, -0.2) is 28.9 Å². The van der Waals surface area contributed by atoms with Gasteiger partial charge in [0.25, 0.3) is 5.91 Å². The minimum Gasteiger partial charge on any atom is -0.486 e. The Labute approximate surface area is 162 Å². The number of hydrogen-bond donors (Lipinski definition) is 1. The number of carbonyl (C=O) groups is 1. The predicted octanol–water partition coefficient (Wildman–Crippen LogP) is 4.31. The molecule has 1 aliphatic heterocycles. The van der Waals surface area contributed by atoms with Gasteiger partial charge in [-0.2, -0.15) is 5.10 Å². The fraction of sp³-hybridized carbons (Fsp3) is 0.111. The Morgan fingerprint density at radius 2 is 1.92 bits per heavy atom. The summed E-state index contributed by atoms with van der Waals surface area (Å²) in [6.45, 7) is 0.984. The van der Waals surface area contributed by atoms with E-state index in [1.165, 1.54) is 0 Å². The molecular formula is C18H13BrClN3O3. The fourth-order valence-electron chi connectivity index (χ4n) is 2.55. The van der Waals surface area contributed by atoms with E-state index >= 15 is 0 Å². The Balaban J connectivity index is 1.56. The smallest absolute Gasteiger partial charge is 0.276 e. The molecule has 4 rings (SSSR count). The quantitative estimate of drug-likeness (QED) is 0.667. The van der Waals surface area contributed by atoms with Crippen LogP contribution in [0, 0.1) is 0 Å². The van der Waals surface area contributed by atoms with Crippen LogP contribution in [0.2, 0.25) is 5.02 Å². The van der Waals surface area contributed by atoms with Gasteiger partial charge in [0.05, 0.1) is 11.4 Å². The van der Waals surface area contributed by atoms with Crippen molar-refractivity contribution in [3.05, 3.63) is 63.9 Å². The molecule has 132 valence electrons. The third-order valence-electron chi connectivity index (χ3n) is 3.77. The van der Waals surface area contributed by atoms with Crippen molar-refractivity contribution in [3.8, 4) is 17.2 Å². The first-order valence-electron chi connectivity index (χ1n) is 7.82. The Bertz CT molecular complexity index is 990. The van der Waals surface area contributed by atoms with Crippen LogP contribution in [-0.2, 0) is 0 Å². The van der Waals surface area contributed by atoms with Gasteiger partial charge in [-0.05, 0) is 40.2 Å². The molecule has 0 fully saturated rings. The molecule has 0 saturated heterocycles. The standard InChI is InChI=1S/C18H13BrClN3O3/c19-13-9-16-17(26-7-6-25-16)10-15(13)21-18(24)14-4-5-23(22-14)12-3-1-2-11(20)8-12/h1-5,8-10H,6-7H2,(H,21,24). The Kier molecular flexibility index (Phi) is 4.57. The monoisotopic (exact) mass is 433 g/mol. The molecule has 1 N–H and O–H groups in total. The molecule has 0 radical (unpaired) electrons. The van der Waals surface area contributed by atoms with Crippen molar-refractivity contribution in [2.24, 2.45) is 0 Å². The maximum atomic E-state index is 12.5. The van der Waals surface area contributed by atoms with E-state index in [9.17, 15) is 4.79 Å². The first kappa shape index (κ1) is 16.9. The fourth-order valence-corrected chi connectivity index (χ4v) is 3.16. The second kappa shape index (κ2) is 7.01. The van der Waals surface area contributed by atoms with Gasteiger partial charge in [0.15, 0.2) is 17.2 Å². The molecule has 0 bridgehead atoms. The highest BCUT2D eigenvalue weighted by Gasteiger charge is 2.18.